The average Bonchev–Trinajstić information content (AvgIpc) is 2.58. The molecule has 0 saturated carbocycles. The maximum Gasteiger partial charge on any atom is 0.0785 e. The highest BCUT2D eigenvalue weighted by Crippen LogP contribution is 2.20. The molecule has 1 fully saturated rings. The molecule has 1 aromatic rings. The second-order valence-corrected chi connectivity index (χ2v) is 3.78. The Morgan fingerprint density at radius 3 is 3.00 bits per heavy atom. The molecule has 0 radical (unpaired) electrons. The van der Waals surface area contributed by atoms with Gasteiger partial charge in [0.25, 0.3) is 0 Å². The van der Waals surface area contributed by atoms with Gasteiger partial charge in [-0.25, -0.2) is 0 Å². The van der Waals surface area contributed by atoms with Crippen molar-refractivity contribution in [2.45, 2.75) is 12.5 Å². The second-order valence-electron chi connectivity index (χ2n) is 3.34. The molecule has 2 rings (SSSR count). The van der Waals surface area contributed by atoms with Crippen LogP contribution in [0.3, 0.4) is 0 Å². The van der Waals surface area contributed by atoms with E-state index in [1.54, 1.807) is 6.20 Å². The van der Waals surface area contributed by atoms with Crippen molar-refractivity contribution in [2.24, 2.45) is 0 Å². The lowest BCUT2D eigenvalue weighted by atomic mass is 10.3. The van der Waals surface area contributed by atoms with E-state index in [0.29, 0.717) is 6.04 Å². The van der Waals surface area contributed by atoms with Gasteiger partial charge in [0.05, 0.1) is 17.3 Å². The minimum atomic E-state index is 0.516. The van der Waals surface area contributed by atoms with Crippen LogP contribution in [-0.4, -0.2) is 34.8 Å². The SMILES string of the molecule is CN1CCC(n2cc(Cl)cn2)C1. The Hall–Kier alpha value is -0.540. The zero-order valence-electron chi connectivity index (χ0n) is 7.07. The Bertz CT molecular complexity index is 271. The Labute approximate surface area is 76.9 Å². The maximum absolute atomic E-state index is 5.78. The lowest BCUT2D eigenvalue weighted by Crippen LogP contribution is -2.16. The van der Waals surface area contributed by atoms with Crippen molar-refractivity contribution in [2.75, 3.05) is 20.1 Å². The zero-order valence-corrected chi connectivity index (χ0v) is 7.83. The standard InChI is InChI=1S/C8H12ClN3/c1-11-3-2-8(6-11)12-5-7(9)4-10-12/h4-5,8H,2-3,6H2,1H3. The summed E-state index contributed by atoms with van der Waals surface area (Å²) in [5.41, 5.74) is 0. The molecule has 0 aromatic carbocycles. The van der Waals surface area contributed by atoms with Gasteiger partial charge in [0, 0.05) is 12.7 Å². The third-order valence-corrected chi connectivity index (χ3v) is 2.51. The number of nitrogens with zero attached hydrogens (tertiary/aromatic N) is 3. The molecule has 1 atom stereocenters. The second kappa shape index (κ2) is 3.07. The van der Waals surface area contributed by atoms with E-state index in [0.717, 1.165) is 18.1 Å². The lowest BCUT2D eigenvalue weighted by Gasteiger charge is -2.09. The van der Waals surface area contributed by atoms with Crippen LogP contribution in [0.2, 0.25) is 5.02 Å². The molecule has 2 heterocycles. The first-order chi connectivity index (χ1) is 5.75. The van der Waals surface area contributed by atoms with Crippen molar-refractivity contribution in [1.82, 2.24) is 14.7 Å². The van der Waals surface area contributed by atoms with E-state index in [1.807, 2.05) is 10.9 Å². The molecule has 0 N–H and O–H groups in total. The summed E-state index contributed by atoms with van der Waals surface area (Å²) >= 11 is 5.78. The summed E-state index contributed by atoms with van der Waals surface area (Å²) in [6.45, 7) is 2.24. The summed E-state index contributed by atoms with van der Waals surface area (Å²) in [5, 5.41) is 4.92. The Morgan fingerprint density at radius 1 is 1.67 bits per heavy atom. The highest BCUT2D eigenvalue weighted by Gasteiger charge is 2.21. The third-order valence-electron chi connectivity index (χ3n) is 2.31. The fourth-order valence-corrected chi connectivity index (χ4v) is 1.79. The zero-order chi connectivity index (χ0) is 8.55. The van der Waals surface area contributed by atoms with Gasteiger partial charge >= 0.3 is 0 Å². The number of hydrogen-bond acceptors (Lipinski definition) is 2. The van der Waals surface area contributed by atoms with E-state index in [4.69, 9.17) is 11.6 Å². The lowest BCUT2D eigenvalue weighted by molar-refractivity contribution is 0.382. The van der Waals surface area contributed by atoms with Crippen LogP contribution in [0.25, 0.3) is 0 Å². The molecule has 66 valence electrons. The highest BCUT2D eigenvalue weighted by atomic mass is 35.5. The molecule has 1 aromatic heterocycles. The molecule has 1 saturated heterocycles. The van der Waals surface area contributed by atoms with Crippen LogP contribution < -0.4 is 0 Å². The summed E-state index contributed by atoms with van der Waals surface area (Å²) in [6.07, 6.45) is 4.76. The summed E-state index contributed by atoms with van der Waals surface area (Å²) in [5.74, 6) is 0. The van der Waals surface area contributed by atoms with Crippen LogP contribution in [0.15, 0.2) is 12.4 Å². The summed E-state index contributed by atoms with van der Waals surface area (Å²) in [7, 11) is 2.13. The van der Waals surface area contributed by atoms with Crippen molar-refractivity contribution < 1.29 is 0 Å². The number of halogens is 1. The first kappa shape index (κ1) is 8.08. The number of aromatic nitrogens is 2. The predicted molar refractivity (Wildman–Crippen MR) is 48.4 cm³/mol. The van der Waals surface area contributed by atoms with Crippen LogP contribution in [0.5, 0.6) is 0 Å². The van der Waals surface area contributed by atoms with E-state index in [2.05, 4.69) is 17.0 Å². The molecule has 1 aliphatic rings. The molecule has 1 aliphatic heterocycles. The molecule has 3 nitrogen and oxygen atoms in total. The van der Waals surface area contributed by atoms with Gasteiger partial charge in [-0.3, -0.25) is 4.68 Å². The first-order valence-corrected chi connectivity index (χ1v) is 4.52. The molecule has 4 heteroatoms. The van der Waals surface area contributed by atoms with Gasteiger partial charge in [0.1, 0.15) is 0 Å². The number of likely N-dealkylation sites (N-methyl/N-ethyl adjacent to an activating group) is 1. The van der Waals surface area contributed by atoms with Gasteiger partial charge in [-0.2, -0.15) is 5.10 Å². The van der Waals surface area contributed by atoms with Gasteiger partial charge in [0.2, 0.25) is 0 Å². The van der Waals surface area contributed by atoms with E-state index in [1.165, 1.54) is 6.42 Å². The largest absolute Gasteiger partial charge is 0.304 e. The van der Waals surface area contributed by atoms with Crippen molar-refractivity contribution in [3.05, 3.63) is 17.4 Å². The fraction of sp³-hybridized carbons (Fsp3) is 0.625. The van der Waals surface area contributed by atoms with E-state index < -0.39 is 0 Å². The van der Waals surface area contributed by atoms with Crippen molar-refractivity contribution in [1.29, 1.82) is 0 Å². The maximum atomic E-state index is 5.78. The fourth-order valence-electron chi connectivity index (χ4n) is 1.64. The van der Waals surface area contributed by atoms with Crippen molar-refractivity contribution in [3.63, 3.8) is 0 Å². The third kappa shape index (κ3) is 1.47. The van der Waals surface area contributed by atoms with Gasteiger partial charge in [-0.05, 0) is 20.0 Å². The van der Waals surface area contributed by atoms with Crippen molar-refractivity contribution >= 4 is 11.6 Å². The minimum Gasteiger partial charge on any atom is -0.304 e. The van der Waals surface area contributed by atoms with Crippen LogP contribution in [0.1, 0.15) is 12.5 Å². The van der Waals surface area contributed by atoms with Crippen LogP contribution in [0, 0.1) is 0 Å². The van der Waals surface area contributed by atoms with Crippen LogP contribution >= 0.6 is 11.6 Å². The summed E-state index contributed by atoms with van der Waals surface area (Å²) in [6, 6.07) is 0.516. The summed E-state index contributed by atoms with van der Waals surface area (Å²) in [4.78, 5) is 2.31. The molecule has 0 spiro atoms. The van der Waals surface area contributed by atoms with Gasteiger partial charge in [0.15, 0.2) is 0 Å². The number of rotatable bonds is 1. The van der Waals surface area contributed by atoms with Crippen molar-refractivity contribution in [3.8, 4) is 0 Å². The normalized spacial score (nSPS) is 25.0. The van der Waals surface area contributed by atoms with Gasteiger partial charge in [-0.15, -0.1) is 0 Å². The highest BCUT2D eigenvalue weighted by molar-refractivity contribution is 6.30. The Balaban J connectivity index is 2.11. The number of likely N-dealkylation sites (tertiary alicyclic amines) is 1. The monoisotopic (exact) mass is 185 g/mol. The molecule has 0 amide bonds. The van der Waals surface area contributed by atoms with Crippen LogP contribution in [-0.2, 0) is 0 Å². The average molecular weight is 186 g/mol. The van der Waals surface area contributed by atoms with Gasteiger partial charge in [-0.1, -0.05) is 11.6 Å². The molecule has 1 unspecified atom stereocenters. The summed E-state index contributed by atoms with van der Waals surface area (Å²) < 4.78 is 1.96. The molecular weight excluding hydrogens is 174 g/mol. The quantitative estimate of drug-likeness (QED) is 0.660. The smallest absolute Gasteiger partial charge is 0.0785 e. The van der Waals surface area contributed by atoms with Crippen LogP contribution in [0.4, 0.5) is 0 Å². The van der Waals surface area contributed by atoms with E-state index >= 15 is 0 Å². The Kier molecular flexibility index (Phi) is 2.07. The molecule has 0 aliphatic carbocycles. The minimum absolute atomic E-state index is 0.516. The van der Waals surface area contributed by atoms with E-state index in [-0.39, 0.29) is 0 Å². The first-order valence-electron chi connectivity index (χ1n) is 4.14. The predicted octanol–water partition coefficient (Wildman–Crippen LogP) is 1.41. The number of hydrogen-bond donors (Lipinski definition) is 0. The van der Waals surface area contributed by atoms with E-state index in [9.17, 15) is 0 Å². The Morgan fingerprint density at radius 2 is 2.50 bits per heavy atom. The molecular formula is C8H12ClN3. The van der Waals surface area contributed by atoms with Gasteiger partial charge < -0.3 is 4.90 Å². The molecule has 12 heavy (non-hydrogen) atoms. The molecule has 0 bridgehead atoms. The topological polar surface area (TPSA) is 21.1 Å².